The number of aryl methyl sites for hydroxylation is 2. The van der Waals surface area contributed by atoms with Crippen molar-refractivity contribution < 1.29 is 9.90 Å². The Balaban J connectivity index is 2.49. The van der Waals surface area contributed by atoms with E-state index in [0.717, 1.165) is 5.56 Å². The normalized spacial score (nSPS) is 10.3. The van der Waals surface area contributed by atoms with Crippen molar-refractivity contribution >= 4 is 11.5 Å². The van der Waals surface area contributed by atoms with Crippen LogP contribution >= 0.6 is 0 Å². The van der Waals surface area contributed by atoms with E-state index in [4.69, 9.17) is 5.73 Å². The second-order valence-corrected chi connectivity index (χ2v) is 4.43. The van der Waals surface area contributed by atoms with Gasteiger partial charge in [0.2, 0.25) is 0 Å². The molecule has 0 unspecified atom stereocenters. The second kappa shape index (κ2) is 4.53. The summed E-state index contributed by atoms with van der Waals surface area (Å²) in [7, 11) is 0. The average molecular weight is 241 g/mol. The number of carbonyl (C=O) groups is 1. The third-order valence-corrected chi connectivity index (χ3v) is 2.86. The Hall–Kier alpha value is -2.29. The highest BCUT2D eigenvalue weighted by atomic mass is 16.3. The number of nitrogens with two attached hydrogens (primary N) is 1. The van der Waals surface area contributed by atoms with Crippen molar-refractivity contribution in [2.24, 2.45) is 0 Å². The molecular weight excluding hydrogens is 226 g/mol. The zero-order valence-electron chi connectivity index (χ0n) is 10.4. The van der Waals surface area contributed by atoms with Crippen LogP contribution in [0.5, 0.6) is 5.75 Å². The summed E-state index contributed by atoms with van der Waals surface area (Å²) in [4.78, 5) is 12.3. The first-order chi connectivity index (χ1) is 8.49. The zero-order chi connectivity index (χ0) is 13.3. The summed E-state index contributed by atoms with van der Waals surface area (Å²) in [5.74, 6) is -0.151. The van der Waals surface area contributed by atoms with Crippen molar-refractivity contribution in [1.29, 1.82) is 0 Å². The summed E-state index contributed by atoms with van der Waals surface area (Å²) in [6.07, 6.45) is 0. The summed E-state index contributed by atoms with van der Waals surface area (Å²) in [6.45, 7) is 3.67. The quantitative estimate of drug-likeness (QED) is 0.627. The lowest BCUT2D eigenvalue weighted by Crippen LogP contribution is -2.03. The highest BCUT2D eigenvalue weighted by Crippen LogP contribution is 2.26. The van der Waals surface area contributed by atoms with Crippen LogP contribution in [0.15, 0.2) is 36.4 Å². The monoisotopic (exact) mass is 241 g/mol. The van der Waals surface area contributed by atoms with Crippen LogP contribution in [0.25, 0.3) is 0 Å². The Bertz CT molecular complexity index is 601. The number of phenolic OH excluding ortho intramolecular Hbond substituents is 1. The van der Waals surface area contributed by atoms with E-state index in [1.807, 2.05) is 13.0 Å². The lowest BCUT2D eigenvalue weighted by Gasteiger charge is -2.08. The van der Waals surface area contributed by atoms with Gasteiger partial charge in [0, 0.05) is 11.3 Å². The molecule has 2 aromatic rings. The van der Waals surface area contributed by atoms with Gasteiger partial charge >= 0.3 is 0 Å². The lowest BCUT2D eigenvalue weighted by molar-refractivity contribution is 0.103. The highest BCUT2D eigenvalue weighted by molar-refractivity contribution is 6.11. The van der Waals surface area contributed by atoms with Crippen LogP contribution in [0.4, 0.5) is 5.69 Å². The molecule has 0 heterocycles. The maximum Gasteiger partial charge on any atom is 0.196 e. The molecule has 3 N–H and O–H groups in total. The molecule has 0 aliphatic rings. The Morgan fingerprint density at radius 3 is 2.33 bits per heavy atom. The molecule has 0 bridgehead atoms. The predicted molar refractivity (Wildman–Crippen MR) is 71.9 cm³/mol. The van der Waals surface area contributed by atoms with Crippen molar-refractivity contribution in [2.75, 3.05) is 5.73 Å². The molecule has 0 fully saturated rings. The van der Waals surface area contributed by atoms with Gasteiger partial charge in [-0.2, -0.15) is 0 Å². The molecule has 0 aliphatic heterocycles. The molecule has 0 saturated carbocycles. The Labute approximate surface area is 106 Å². The first-order valence-electron chi connectivity index (χ1n) is 5.69. The van der Waals surface area contributed by atoms with Crippen LogP contribution in [0.3, 0.4) is 0 Å². The van der Waals surface area contributed by atoms with Gasteiger partial charge in [-0.3, -0.25) is 4.79 Å². The van der Waals surface area contributed by atoms with Crippen molar-refractivity contribution in [3.8, 4) is 5.75 Å². The number of nitrogen functional groups attached to an aromatic ring is 1. The van der Waals surface area contributed by atoms with Crippen molar-refractivity contribution in [2.45, 2.75) is 13.8 Å². The molecule has 18 heavy (non-hydrogen) atoms. The number of ketones is 1. The molecule has 3 heteroatoms. The molecule has 2 aromatic carbocycles. The van der Waals surface area contributed by atoms with Gasteiger partial charge in [0.25, 0.3) is 0 Å². The number of hydrogen-bond donors (Lipinski definition) is 2. The van der Waals surface area contributed by atoms with Crippen LogP contribution in [0.2, 0.25) is 0 Å². The predicted octanol–water partition coefficient (Wildman–Crippen LogP) is 2.82. The number of benzene rings is 2. The number of carbonyl (C=O) groups excluding carboxylic acids is 1. The van der Waals surface area contributed by atoms with E-state index in [-0.39, 0.29) is 11.5 Å². The van der Waals surface area contributed by atoms with Crippen LogP contribution in [0.1, 0.15) is 27.0 Å². The molecule has 3 nitrogen and oxygen atoms in total. The molecule has 92 valence electrons. The molecule has 0 spiro atoms. The molecule has 0 saturated heterocycles. The van der Waals surface area contributed by atoms with Gasteiger partial charge in [-0.15, -0.1) is 0 Å². The number of hydrogen-bond acceptors (Lipinski definition) is 3. The number of aromatic hydroxyl groups is 1. The van der Waals surface area contributed by atoms with E-state index < -0.39 is 0 Å². The first kappa shape index (κ1) is 12.2. The average Bonchev–Trinajstić information content (AvgIpc) is 2.34. The van der Waals surface area contributed by atoms with Crippen LogP contribution in [0, 0.1) is 13.8 Å². The number of anilines is 1. The van der Waals surface area contributed by atoms with Crippen LogP contribution in [-0.4, -0.2) is 10.9 Å². The minimum Gasteiger partial charge on any atom is -0.507 e. The van der Waals surface area contributed by atoms with Gasteiger partial charge in [0.15, 0.2) is 5.78 Å². The van der Waals surface area contributed by atoms with Crippen LogP contribution in [-0.2, 0) is 0 Å². The van der Waals surface area contributed by atoms with E-state index in [9.17, 15) is 9.90 Å². The van der Waals surface area contributed by atoms with Crippen molar-refractivity contribution in [1.82, 2.24) is 0 Å². The van der Waals surface area contributed by atoms with Gasteiger partial charge in [-0.1, -0.05) is 6.07 Å². The van der Waals surface area contributed by atoms with E-state index in [1.54, 1.807) is 37.3 Å². The fraction of sp³-hybridized carbons (Fsp3) is 0.133. The molecule has 2 rings (SSSR count). The molecule has 0 aromatic heterocycles. The Kier molecular flexibility index (Phi) is 3.06. The van der Waals surface area contributed by atoms with Gasteiger partial charge in [0.05, 0.1) is 5.56 Å². The third-order valence-electron chi connectivity index (χ3n) is 2.86. The van der Waals surface area contributed by atoms with Crippen LogP contribution < -0.4 is 5.73 Å². The fourth-order valence-electron chi connectivity index (χ4n) is 1.92. The summed E-state index contributed by atoms with van der Waals surface area (Å²) < 4.78 is 0. The maximum absolute atomic E-state index is 12.3. The largest absolute Gasteiger partial charge is 0.507 e. The zero-order valence-corrected chi connectivity index (χ0v) is 10.4. The Morgan fingerprint density at radius 1 is 1.11 bits per heavy atom. The van der Waals surface area contributed by atoms with E-state index in [0.29, 0.717) is 22.4 Å². The minimum atomic E-state index is -0.195. The summed E-state index contributed by atoms with van der Waals surface area (Å²) in [5, 5.41) is 9.96. The van der Waals surface area contributed by atoms with Gasteiger partial charge < -0.3 is 10.8 Å². The van der Waals surface area contributed by atoms with E-state index >= 15 is 0 Å². The molecule has 0 radical (unpaired) electrons. The summed E-state index contributed by atoms with van der Waals surface area (Å²) in [6, 6.07) is 10.2. The number of rotatable bonds is 2. The molecular formula is C15H15NO2. The smallest absolute Gasteiger partial charge is 0.196 e. The maximum atomic E-state index is 12.3. The minimum absolute atomic E-state index is 0.0439. The standard InChI is InChI=1S/C15H15NO2/c1-9-7-10(2)14(17)13(8-9)15(18)11-3-5-12(16)6-4-11/h3-8,17H,16H2,1-2H3. The SMILES string of the molecule is Cc1cc(C)c(O)c(C(=O)c2ccc(N)cc2)c1. The van der Waals surface area contributed by atoms with Crippen molar-refractivity contribution in [3.05, 3.63) is 58.7 Å². The summed E-state index contributed by atoms with van der Waals surface area (Å²) in [5.41, 5.74) is 8.69. The first-order valence-corrected chi connectivity index (χ1v) is 5.69. The Morgan fingerprint density at radius 2 is 1.72 bits per heavy atom. The van der Waals surface area contributed by atoms with Gasteiger partial charge in [0.1, 0.15) is 5.75 Å². The van der Waals surface area contributed by atoms with Gasteiger partial charge in [-0.05, 0) is 55.3 Å². The second-order valence-electron chi connectivity index (χ2n) is 4.43. The number of phenols is 1. The summed E-state index contributed by atoms with van der Waals surface area (Å²) >= 11 is 0. The highest BCUT2D eigenvalue weighted by Gasteiger charge is 2.15. The fourth-order valence-corrected chi connectivity index (χ4v) is 1.92. The van der Waals surface area contributed by atoms with Crippen molar-refractivity contribution in [3.63, 3.8) is 0 Å². The van der Waals surface area contributed by atoms with E-state index in [1.165, 1.54) is 0 Å². The molecule has 0 aliphatic carbocycles. The lowest BCUT2D eigenvalue weighted by atomic mass is 9.98. The topological polar surface area (TPSA) is 63.3 Å². The molecule has 0 amide bonds. The third kappa shape index (κ3) is 2.20. The van der Waals surface area contributed by atoms with E-state index in [2.05, 4.69) is 0 Å². The molecule has 0 atom stereocenters. The van der Waals surface area contributed by atoms with Gasteiger partial charge in [-0.25, -0.2) is 0 Å².